The summed E-state index contributed by atoms with van der Waals surface area (Å²) in [6.45, 7) is 8.54. The molecular formula is C16H25N3O3. The molecule has 0 aliphatic heterocycles. The van der Waals surface area contributed by atoms with E-state index in [1.54, 1.807) is 13.0 Å². The first kappa shape index (κ1) is 17.8. The Morgan fingerprint density at radius 2 is 2.00 bits per heavy atom. The molecule has 122 valence electrons. The summed E-state index contributed by atoms with van der Waals surface area (Å²) in [5.41, 5.74) is 1.63. The first-order valence-corrected chi connectivity index (χ1v) is 7.56. The van der Waals surface area contributed by atoms with E-state index in [1.807, 2.05) is 32.9 Å². The average molecular weight is 307 g/mol. The molecule has 0 unspecified atom stereocenters. The number of amides is 3. The molecule has 0 fully saturated rings. The van der Waals surface area contributed by atoms with E-state index in [0.29, 0.717) is 24.6 Å². The molecule has 0 bridgehead atoms. The Balaban J connectivity index is 2.69. The van der Waals surface area contributed by atoms with Crippen molar-refractivity contribution in [1.82, 2.24) is 10.6 Å². The normalized spacial score (nSPS) is 11.5. The molecular weight excluding hydrogens is 282 g/mol. The van der Waals surface area contributed by atoms with E-state index >= 15 is 0 Å². The number of rotatable bonds is 7. The molecule has 1 aromatic rings. The van der Waals surface area contributed by atoms with E-state index in [9.17, 15) is 9.59 Å². The number of benzene rings is 1. The lowest BCUT2D eigenvalue weighted by Crippen LogP contribution is -2.46. The zero-order chi connectivity index (χ0) is 16.5. The third-order valence-electron chi connectivity index (χ3n) is 2.94. The molecule has 1 rings (SSSR count). The molecule has 0 heterocycles. The van der Waals surface area contributed by atoms with Crippen LogP contribution in [0.2, 0.25) is 0 Å². The van der Waals surface area contributed by atoms with E-state index in [0.717, 1.165) is 12.0 Å². The fraction of sp³-hybridized carbons (Fsp3) is 0.500. The third-order valence-corrected chi connectivity index (χ3v) is 2.94. The maximum Gasteiger partial charge on any atom is 0.319 e. The predicted molar refractivity (Wildman–Crippen MR) is 87.3 cm³/mol. The van der Waals surface area contributed by atoms with Gasteiger partial charge in [-0.25, -0.2) is 4.79 Å². The molecule has 0 aliphatic rings. The summed E-state index contributed by atoms with van der Waals surface area (Å²) in [6, 6.07) is 4.51. The van der Waals surface area contributed by atoms with E-state index in [-0.39, 0.29) is 5.91 Å². The van der Waals surface area contributed by atoms with Gasteiger partial charge < -0.3 is 20.7 Å². The zero-order valence-electron chi connectivity index (χ0n) is 13.7. The van der Waals surface area contributed by atoms with Crippen LogP contribution >= 0.6 is 0 Å². The molecule has 1 atom stereocenters. The number of anilines is 1. The van der Waals surface area contributed by atoms with Crippen molar-refractivity contribution in [3.8, 4) is 5.75 Å². The summed E-state index contributed by atoms with van der Waals surface area (Å²) in [6.07, 6.45) is 0.883. The van der Waals surface area contributed by atoms with Crippen molar-refractivity contribution in [2.24, 2.45) is 0 Å². The van der Waals surface area contributed by atoms with Crippen molar-refractivity contribution in [3.05, 3.63) is 23.8 Å². The molecule has 22 heavy (non-hydrogen) atoms. The standard InChI is InChI=1S/C16H25N3O3/c1-5-9-22-14-10-11(3)7-8-13(14)19-16(21)18-12(4)15(20)17-6-2/h7-8,10,12H,5-6,9H2,1-4H3,(H,17,20)(H2,18,19,21)/t12-/m0/s1. The van der Waals surface area contributed by atoms with Gasteiger partial charge in [0.05, 0.1) is 12.3 Å². The predicted octanol–water partition coefficient (Wildman–Crippen LogP) is 2.43. The lowest BCUT2D eigenvalue weighted by atomic mass is 10.2. The van der Waals surface area contributed by atoms with Crippen molar-refractivity contribution in [2.75, 3.05) is 18.5 Å². The summed E-state index contributed by atoms with van der Waals surface area (Å²) >= 11 is 0. The van der Waals surface area contributed by atoms with Crippen molar-refractivity contribution < 1.29 is 14.3 Å². The summed E-state index contributed by atoms with van der Waals surface area (Å²) in [7, 11) is 0. The van der Waals surface area contributed by atoms with Crippen molar-refractivity contribution in [3.63, 3.8) is 0 Å². The van der Waals surface area contributed by atoms with Crippen molar-refractivity contribution >= 4 is 17.6 Å². The Kier molecular flexibility index (Phi) is 7.22. The largest absolute Gasteiger partial charge is 0.491 e. The number of nitrogens with one attached hydrogen (secondary N) is 3. The SMILES string of the molecule is CCCOc1cc(C)ccc1NC(=O)N[C@@H](C)C(=O)NCC. The van der Waals surface area contributed by atoms with Gasteiger partial charge in [-0.05, 0) is 44.9 Å². The van der Waals surface area contributed by atoms with Crippen LogP contribution in [0.1, 0.15) is 32.8 Å². The highest BCUT2D eigenvalue weighted by molar-refractivity contribution is 5.94. The molecule has 6 heteroatoms. The van der Waals surface area contributed by atoms with Gasteiger partial charge in [-0.15, -0.1) is 0 Å². The second-order valence-corrected chi connectivity index (χ2v) is 5.06. The maximum atomic E-state index is 12.0. The second kappa shape index (κ2) is 8.92. The number of urea groups is 1. The van der Waals surface area contributed by atoms with Crippen LogP contribution in [0.25, 0.3) is 0 Å². The van der Waals surface area contributed by atoms with Gasteiger partial charge in [-0.1, -0.05) is 13.0 Å². The summed E-state index contributed by atoms with van der Waals surface area (Å²) in [5.74, 6) is 0.409. The quantitative estimate of drug-likeness (QED) is 0.724. The monoisotopic (exact) mass is 307 g/mol. The van der Waals surface area contributed by atoms with Crippen molar-refractivity contribution in [2.45, 2.75) is 40.2 Å². The van der Waals surface area contributed by atoms with Crippen LogP contribution in [0.5, 0.6) is 5.75 Å². The van der Waals surface area contributed by atoms with Gasteiger partial charge in [0.25, 0.3) is 0 Å². The molecule has 3 amide bonds. The second-order valence-electron chi connectivity index (χ2n) is 5.06. The van der Waals surface area contributed by atoms with Crippen LogP contribution < -0.4 is 20.7 Å². The van der Waals surface area contributed by atoms with Crippen LogP contribution in [0.3, 0.4) is 0 Å². The Bertz CT molecular complexity index is 517. The minimum atomic E-state index is -0.606. The lowest BCUT2D eigenvalue weighted by Gasteiger charge is -2.16. The maximum absolute atomic E-state index is 12.0. The van der Waals surface area contributed by atoms with Gasteiger partial charge in [0.1, 0.15) is 11.8 Å². The Labute approximate surface area is 131 Å². The molecule has 6 nitrogen and oxygen atoms in total. The highest BCUT2D eigenvalue weighted by Crippen LogP contribution is 2.25. The summed E-state index contributed by atoms with van der Waals surface area (Å²) < 4.78 is 5.64. The number of hydrogen-bond donors (Lipinski definition) is 3. The average Bonchev–Trinajstić information content (AvgIpc) is 2.47. The lowest BCUT2D eigenvalue weighted by molar-refractivity contribution is -0.122. The molecule has 0 spiro atoms. The van der Waals surface area contributed by atoms with Crippen LogP contribution in [0.4, 0.5) is 10.5 Å². The number of hydrogen-bond acceptors (Lipinski definition) is 3. The third kappa shape index (κ3) is 5.63. The number of carbonyl (C=O) groups is 2. The summed E-state index contributed by atoms with van der Waals surface area (Å²) in [4.78, 5) is 23.6. The molecule has 3 N–H and O–H groups in total. The van der Waals surface area contributed by atoms with Crippen LogP contribution in [-0.2, 0) is 4.79 Å². The molecule has 0 aliphatic carbocycles. The van der Waals surface area contributed by atoms with Gasteiger partial charge >= 0.3 is 6.03 Å². The minimum Gasteiger partial charge on any atom is -0.491 e. The Morgan fingerprint density at radius 3 is 2.64 bits per heavy atom. The van der Waals surface area contributed by atoms with E-state index in [1.165, 1.54) is 0 Å². The Morgan fingerprint density at radius 1 is 1.27 bits per heavy atom. The molecule has 0 saturated heterocycles. The van der Waals surface area contributed by atoms with Gasteiger partial charge in [0.2, 0.25) is 5.91 Å². The summed E-state index contributed by atoms with van der Waals surface area (Å²) in [5, 5.41) is 7.97. The number of ether oxygens (including phenoxy) is 1. The van der Waals surface area contributed by atoms with E-state index in [4.69, 9.17) is 4.74 Å². The fourth-order valence-corrected chi connectivity index (χ4v) is 1.81. The van der Waals surface area contributed by atoms with Gasteiger partial charge in [-0.2, -0.15) is 0 Å². The first-order valence-electron chi connectivity index (χ1n) is 7.56. The zero-order valence-corrected chi connectivity index (χ0v) is 13.7. The molecule has 0 radical (unpaired) electrons. The van der Waals surface area contributed by atoms with Crippen LogP contribution in [-0.4, -0.2) is 31.1 Å². The van der Waals surface area contributed by atoms with Crippen LogP contribution in [0.15, 0.2) is 18.2 Å². The minimum absolute atomic E-state index is 0.219. The van der Waals surface area contributed by atoms with E-state index < -0.39 is 12.1 Å². The molecule has 0 aromatic heterocycles. The highest BCUT2D eigenvalue weighted by atomic mass is 16.5. The fourth-order valence-electron chi connectivity index (χ4n) is 1.81. The molecule has 1 aromatic carbocycles. The van der Waals surface area contributed by atoms with Crippen LogP contribution in [0, 0.1) is 6.92 Å². The number of likely N-dealkylation sites (N-methyl/N-ethyl adjacent to an activating group) is 1. The number of carbonyl (C=O) groups excluding carboxylic acids is 2. The Hall–Kier alpha value is -2.24. The first-order chi connectivity index (χ1) is 10.5. The van der Waals surface area contributed by atoms with Crippen molar-refractivity contribution in [1.29, 1.82) is 0 Å². The van der Waals surface area contributed by atoms with Gasteiger partial charge in [0.15, 0.2) is 0 Å². The van der Waals surface area contributed by atoms with Gasteiger partial charge in [-0.3, -0.25) is 4.79 Å². The molecule has 0 saturated carbocycles. The van der Waals surface area contributed by atoms with E-state index in [2.05, 4.69) is 16.0 Å². The van der Waals surface area contributed by atoms with Gasteiger partial charge in [0, 0.05) is 6.54 Å². The smallest absolute Gasteiger partial charge is 0.319 e. The highest BCUT2D eigenvalue weighted by Gasteiger charge is 2.15. The topological polar surface area (TPSA) is 79.5 Å². The number of aryl methyl sites for hydroxylation is 1.